The van der Waals surface area contributed by atoms with Gasteiger partial charge in [-0.3, -0.25) is 0 Å². The number of fused-ring (bicyclic) bond motifs is 2. The second-order valence-corrected chi connectivity index (χ2v) is 4.81. The number of hydrogen-bond donors (Lipinski definition) is 0. The van der Waals surface area contributed by atoms with Crippen LogP contribution in [-0.2, 0) is 4.79 Å². The summed E-state index contributed by atoms with van der Waals surface area (Å²) >= 11 is 2.07. The zero-order chi connectivity index (χ0) is 8.39. The summed E-state index contributed by atoms with van der Waals surface area (Å²) < 4.78 is 0. The summed E-state index contributed by atoms with van der Waals surface area (Å²) in [5.74, 6) is 4.95. The molecular formula is C9H13NOS. The number of rotatable bonds is 2. The van der Waals surface area contributed by atoms with Crippen LogP contribution < -0.4 is 0 Å². The summed E-state index contributed by atoms with van der Waals surface area (Å²) in [5.41, 5.74) is 0. The Hall–Kier alpha value is -0.270. The molecule has 0 aromatic heterocycles. The number of hydrogen-bond acceptors (Lipinski definition) is 3. The van der Waals surface area contributed by atoms with Gasteiger partial charge in [0.15, 0.2) is 0 Å². The maximum absolute atomic E-state index is 9.98. The third-order valence-electron chi connectivity index (χ3n) is 3.15. The van der Waals surface area contributed by atoms with E-state index in [9.17, 15) is 4.79 Å². The highest BCUT2D eigenvalue weighted by atomic mass is 32.2. The fraction of sp³-hybridized carbons (Fsp3) is 0.889. The smallest absolute Gasteiger partial charge is 0.211 e. The highest BCUT2D eigenvalue weighted by Gasteiger charge is 2.38. The minimum Gasteiger partial charge on any atom is -0.211 e. The molecule has 0 radical (unpaired) electrons. The van der Waals surface area contributed by atoms with Crippen molar-refractivity contribution in [1.82, 2.24) is 0 Å². The third-order valence-corrected chi connectivity index (χ3v) is 4.48. The van der Waals surface area contributed by atoms with Crippen LogP contribution in [-0.4, -0.2) is 24.1 Å². The largest absolute Gasteiger partial charge is 0.234 e. The molecule has 1 heterocycles. The number of carbonyl (C=O) groups excluding carboxylic acids is 1. The van der Waals surface area contributed by atoms with Crippen LogP contribution in [0.25, 0.3) is 0 Å². The summed E-state index contributed by atoms with van der Waals surface area (Å²) in [4.78, 5) is 13.7. The molecule has 66 valence electrons. The number of nitrogens with zero attached hydrogens (tertiary/aromatic N) is 1. The van der Waals surface area contributed by atoms with Gasteiger partial charge in [0, 0.05) is 0 Å². The molecule has 0 aromatic rings. The van der Waals surface area contributed by atoms with Crippen LogP contribution >= 0.6 is 11.8 Å². The summed E-state index contributed by atoms with van der Waals surface area (Å²) in [6.07, 6.45) is 4.37. The molecule has 2 rings (SSSR count). The molecule has 3 heteroatoms. The van der Waals surface area contributed by atoms with Crippen molar-refractivity contribution >= 4 is 17.8 Å². The Balaban J connectivity index is 2.00. The normalized spacial score (nSPS) is 39.2. The Morgan fingerprint density at radius 1 is 1.33 bits per heavy atom. The predicted molar refractivity (Wildman–Crippen MR) is 50.0 cm³/mol. The Morgan fingerprint density at radius 3 is 2.58 bits per heavy atom. The van der Waals surface area contributed by atoms with Crippen LogP contribution in [0.4, 0.5) is 0 Å². The maximum atomic E-state index is 9.98. The Labute approximate surface area is 76.8 Å². The SMILES string of the molecule is O=C=NCC1C2CCC1CSC2. The topological polar surface area (TPSA) is 29.4 Å². The van der Waals surface area contributed by atoms with Gasteiger partial charge in [0.1, 0.15) is 0 Å². The van der Waals surface area contributed by atoms with E-state index < -0.39 is 0 Å². The highest BCUT2D eigenvalue weighted by Crippen LogP contribution is 2.45. The lowest BCUT2D eigenvalue weighted by Gasteiger charge is -2.27. The molecular weight excluding hydrogens is 170 g/mol. The van der Waals surface area contributed by atoms with E-state index in [1.807, 2.05) is 0 Å². The standard InChI is InChI=1S/C9H13NOS/c11-6-10-3-9-7-1-2-8(9)5-12-4-7/h7-9H,1-5H2. The lowest BCUT2D eigenvalue weighted by Crippen LogP contribution is -2.26. The van der Waals surface area contributed by atoms with Gasteiger partial charge in [-0.05, 0) is 42.1 Å². The van der Waals surface area contributed by atoms with E-state index in [1.54, 1.807) is 6.08 Å². The molecule has 2 unspecified atom stereocenters. The molecule has 1 aliphatic carbocycles. The first-order chi connectivity index (χ1) is 5.92. The molecule has 2 fully saturated rings. The minimum atomic E-state index is 0.702. The average molecular weight is 183 g/mol. The van der Waals surface area contributed by atoms with E-state index >= 15 is 0 Å². The molecule has 0 amide bonds. The first-order valence-corrected chi connectivity index (χ1v) is 5.68. The second-order valence-electron chi connectivity index (χ2n) is 3.73. The Bertz CT molecular complexity index is 197. The Kier molecular flexibility index (Phi) is 2.52. The molecule has 0 N–H and O–H groups in total. The van der Waals surface area contributed by atoms with Crippen molar-refractivity contribution in [2.24, 2.45) is 22.7 Å². The van der Waals surface area contributed by atoms with Crippen molar-refractivity contribution in [2.45, 2.75) is 12.8 Å². The first-order valence-electron chi connectivity index (χ1n) is 4.53. The number of thioether (sulfide) groups is 1. The van der Waals surface area contributed by atoms with Crippen molar-refractivity contribution in [3.05, 3.63) is 0 Å². The van der Waals surface area contributed by atoms with Crippen molar-refractivity contribution < 1.29 is 4.79 Å². The van der Waals surface area contributed by atoms with E-state index in [0.29, 0.717) is 5.92 Å². The van der Waals surface area contributed by atoms with Crippen molar-refractivity contribution in [2.75, 3.05) is 18.1 Å². The summed E-state index contributed by atoms with van der Waals surface area (Å²) in [5, 5.41) is 0. The summed E-state index contributed by atoms with van der Waals surface area (Å²) in [7, 11) is 0. The van der Waals surface area contributed by atoms with E-state index in [-0.39, 0.29) is 0 Å². The van der Waals surface area contributed by atoms with Gasteiger partial charge in [0.2, 0.25) is 6.08 Å². The summed E-state index contributed by atoms with van der Waals surface area (Å²) in [6, 6.07) is 0. The van der Waals surface area contributed by atoms with Crippen LogP contribution in [0, 0.1) is 17.8 Å². The zero-order valence-corrected chi connectivity index (χ0v) is 7.85. The molecule has 2 atom stereocenters. The molecule has 1 saturated heterocycles. The van der Waals surface area contributed by atoms with E-state index in [1.165, 1.54) is 24.3 Å². The van der Waals surface area contributed by atoms with E-state index in [4.69, 9.17) is 0 Å². The minimum absolute atomic E-state index is 0.702. The molecule has 0 aromatic carbocycles. The van der Waals surface area contributed by atoms with Gasteiger partial charge in [0.05, 0.1) is 6.54 Å². The lowest BCUT2D eigenvalue weighted by molar-refractivity contribution is 0.354. The Morgan fingerprint density at radius 2 is 2.00 bits per heavy atom. The monoisotopic (exact) mass is 183 g/mol. The highest BCUT2D eigenvalue weighted by molar-refractivity contribution is 7.99. The second kappa shape index (κ2) is 3.63. The molecule has 2 aliphatic rings. The van der Waals surface area contributed by atoms with Gasteiger partial charge in [0.25, 0.3) is 0 Å². The summed E-state index contributed by atoms with van der Waals surface area (Å²) in [6.45, 7) is 0.736. The average Bonchev–Trinajstić information content (AvgIpc) is 2.36. The lowest BCUT2D eigenvalue weighted by atomic mass is 9.91. The quantitative estimate of drug-likeness (QED) is 0.482. The number of aliphatic imine (C=N–C) groups is 1. The van der Waals surface area contributed by atoms with Gasteiger partial charge in [-0.25, -0.2) is 9.79 Å². The molecule has 2 nitrogen and oxygen atoms in total. The van der Waals surface area contributed by atoms with E-state index in [0.717, 1.165) is 18.4 Å². The van der Waals surface area contributed by atoms with Gasteiger partial charge in [-0.15, -0.1) is 0 Å². The van der Waals surface area contributed by atoms with Crippen molar-refractivity contribution in [3.63, 3.8) is 0 Å². The molecule has 12 heavy (non-hydrogen) atoms. The first kappa shape index (κ1) is 8.33. The number of isocyanates is 1. The van der Waals surface area contributed by atoms with E-state index in [2.05, 4.69) is 16.8 Å². The van der Waals surface area contributed by atoms with Crippen LogP contribution in [0.1, 0.15) is 12.8 Å². The maximum Gasteiger partial charge on any atom is 0.234 e. The molecule has 0 spiro atoms. The van der Waals surface area contributed by atoms with Gasteiger partial charge >= 0.3 is 0 Å². The fourth-order valence-corrected chi connectivity index (χ4v) is 4.04. The van der Waals surface area contributed by atoms with Crippen molar-refractivity contribution in [3.8, 4) is 0 Å². The van der Waals surface area contributed by atoms with Crippen LogP contribution in [0.15, 0.2) is 4.99 Å². The van der Waals surface area contributed by atoms with Gasteiger partial charge in [-0.2, -0.15) is 11.8 Å². The molecule has 1 saturated carbocycles. The van der Waals surface area contributed by atoms with Crippen molar-refractivity contribution in [1.29, 1.82) is 0 Å². The van der Waals surface area contributed by atoms with Gasteiger partial charge < -0.3 is 0 Å². The zero-order valence-electron chi connectivity index (χ0n) is 7.03. The molecule has 1 aliphatic heterocycles. The third kappa shape index (κ3) is 1.44. The fourth-order valence-electron chi connectivity index (χ4n) is 2.47. The van der Waals surface area contributed by atoms with Crippen LogP contribution in [0.2, 0.25) is 0 Å². The van der Waals surface area contributed by atoms with Gasteiger partial charge in [-0.1, -0.05) is 0 Å². The van der Waals surface area contributed by atoms with Crippen LogP contribution in [0.3, 0.4) is 0 Å². The molecule has 2 bridgehead atoms. The predicted octanol–water partition coefficient (Wildman–Crippen LogP) is 1.71. The van der Waals surface area contributed by atoms with Crippen LogP contribution in [0.5, 0.6) is 0 Å².